The number of rotatable bonds is 4. The van der Waals surface area contributed by atoms with Crippen molar-refractivity contribution < 1.29 is 4.79 Å². The Hall–Kier alpha value is -1.73. The second kappa shape index (κ2) is 7.26. The van der Waals surface area contributed by atoms with E-state index in [1.54, 1.807) is 17.7 Å². The number of hydrogen-bond donors (Lipinski definition) is 1. The highest BCUT2D eigenvalue weighted by Gasteiger charge is 2.28. The van der Waals surface area contributed by atoms with Crippen molar-refractivity contribution in [3.8, 4) is 0 Å². The average molecular weight is 401 g/mol. The van der Waals surface area contributed by atoms with Crippen LogP contribution in [-0.4, -0.2) is 46.0 Å². The molecule has 28 heavy (non-hydrogen) atoms. The lowest BCUT2D eigenvalue weighted by Crippen LogP contribution is -2.43. The average Bonchev–Trinajstić information content (AvgIpc) is 3.40. The van der Waals surface area contributed by atoms with E-state index in [9.17, 15) is 9.59 Å². The molecule has 1 saturated carbocycles. The molecule has 2 aromatic rings. The van der Waals surface area contributed by atoms with E-state index in [0.717, 1.165) is 68.3 Å². The van der Waals surface area contributed by atoms with Crippen LogP contribution in [0.2, 0.25) is 0 Å². The zero-order chi connectivity index (χ0) is 19.3. The zero-order valence-electron chi connectivity index (χ0n) is 16.4. The van der Waals surface area contributed by atoms with E-state index in [-0.39, 0.29) is 17.5 Å². The van der Waals surface area contributed by atoms with Gasteiger partial charge in [-0.3, -0.25) is 19.1 Å². The summed E-state index contributed by atoms with van der Waals surface area (Å²) in [5.41, 5.74) is 1.40. The van der Waals surface area contributed by atoms with Gasteiger partial charge in [-0.25, -0.2) is 4.98 Å². The number of nitrogens with one attached hydrogen (secondary N) is 1. The van der Waals surface area contributed by atoms with Crippen LogP contribution in [0.4, 0.5) is 0 Å². The van der Waals surface area contributed by atoms with Crippen molar-refractivity contribution in [2.75, 3.05) is 19.6 Å². The Morgan fingerprint density at radius 1 is 1.25 bits per heavy atom. The fourth-order valence-electron chi connectivity index (χ4n) is 4.66. The number of aromatic nitrogens is 2. The first kappa shape index (κ1) is 18.3. The maximum atomic E-state index is 13.3. The van der Waals surface area contributed by atoms with E-state index in [0.29, 0.717) is 18.5 Å². The molecule has 1 amide bonds. The lowest BCUT2D eigenvalue weighted by molar-refractivity contribution is -0.122. The van der Waals surface area contributed by atoms with Crippen LogP contribution in [0.5, 0.6) is 0 Å². The van der Waals surface area contributed by atoms with Crippen LogP contribution < -0.4 is 10.9 Å². The number of aryl methyl sites for hydroxylation is 1. The molecule has 0 radical (unpaired) electrons. The van der Waals surface area contributed by atoms with Crippen molar-refractivity contribution in [3.05, 3.63) is 27.1 Å². The number of carbonyl (C=O) groups is 1. The molecule has 7 heteroatoms. The smallest absolute Gasteiger partial charge is 0.262 e. The molecule has 1 unspecified atom stereocenters. The van der Waals surface area contributed by atoms with Crippen LogP contribution >= 0.6 is 11.3 Å². The number of amides is 1. The summed E-state index contributed by atoms with van der Waals surface area (Å²) in [6, 6.07) is 0.603. The van der Waals surface area contributed by atoms with E-state index >= 15 is 0 Å². The maximum absolute atomic E-state index is 13.3. The third-order valence-corrected chi connectivity index (χ3v) is 7.66. The number of fused-ring (bicyclic) bond motifs is 3. The van der Waals surface area contributed by atoms with Crippen LogP contribution in [0.3, 0.4) is 0 Å². The highest BCUT2D eigenvalue weighted by atomic mass is 32.1. The largest absolute Gasteiger partial charge is 0.352 e. The number of thiophene rings is 1. The number of hydrogen-bond acceptors (Lipinski definition) is 5. The van der Waals surface area contributed by atoms with Crippen LogP contribution in [0, 0.1) is 5.92 Å². The summed E-state index contributed by atoms with van der Waals surface area (Å²) < 4.78 is 1.87. The fraction of sp³-hybridized carbons (Fsp3) is 0.667. The van der Waals surface area contributed by atoms with Crippen LogP contribution in [0.15, 0.2) is 11.1 Å². The highest BCUT2D eigenvalue weighted by Crippen LogP contribution is 2.36. The highest BCUT2D eigenvalue weighted by molar-refractivity contribution is 7.18. The van der Waals surface area contributed by atoms with Gasteiger partial charge in [-0.2, -0.15) is 0 Å². The molecule has 0 bridgehead atoms. The number of carbonyl (C=O) groups excluding carboxylic acids is 1. The van der Waals surface area contributed by atoms with Crippen LogP contribution in [0.25, 0.3) is 10.2 Å². The molecule has 1 atom stereocenters. The Morgan fingerprint density at radius 3 is 2.79 bits per heavy atom. The van der Waals surface area contributed by atoms with Gasteiger partial charge in [0.25, 0.3) is 5.56 Å². The van der Waals surface area contributed by atoms with Gasteiger partial charge in [0.05, 0.1) is 18.3 Å². The number of piperidine rings is 1. The minimum Gasteiger partial charge on any atom is -0.352 e. The first-order chi connectivity index (χ1) is 13.6. The Balaban J connectivity index is 1.31. The minimum atomic E-state index is 0.139. The summed E-state index contributed by atoms with van der Waals surface area (Å²) in [5.74, 6) is 0.838. The molecule has 2 aromatic heterocycles. The van der Waals surface area contributed by atoms with Gasteiger partial charge in [-0.05, 0) is 56.4 Å². The maximum Gasteiger partial charge on any atom is 0.262 e. The molecule has 0 spiro atoms. The molecule has 1 N–H and O–H groups in total. The van der Waals surface area contributed by atoms with Gasteiger partial charge in [-0.1, -0.05) is 6.92 Å². The predicted octanol–water partition coefficient (Wildman–Crippen LogP) is 2.50. The molecule has 2 aliphatic carbocycles. The Labute approximate surface area is 168 Å². The van der Waals surface area contributed by atoms with Gasteiger partial charge >= 0.3 is 0 Å². The van der Waals surface area contributed by atoms with Gasteiger partial charge in [0.15, 0.2) is 0 Å². The van der Waals surface area contributed by atoms with Crippen LogP contribution in [0.1, 0.15) is 55.5 Å². The molecule has 1 aliphatic heterocycles. The second-order valence-corrected chi connectivity index (χ2v) is 9.92. The summed E-state index contributed by atoms with van der Waals surface area (Å²) in [5, 5.41) is 3.93. The molecule has 6 nitrogen and oxygen atoms in total. The Bertz CT molecular complexity index is 953. The quantitative estimate of drug-likeness (QED) is 0.856. The van der Waals surface area contributed by atoms with Crippen molar-refractivity contribution in [1.29, 1.82) is 0 Å². The SMILES string of the molecule is CC1CCc2c(sc3ncn(C4CCN(CC(=O)NC5CC5)CC4)c(=O)c23)C1. The summed E-state index contributed by atoms with van der Waals surface area (Å²) >= 11 is 1.71. The van der Waals surface area contributed by atoms with Crippen molar-refractivity contribution in [2.45, 2.75) is 64.0 Å². The predicted molar refractivity (Wildman–Crippen MR) is 111 cm³/mol. The second-order valence-electron chi connectivity index (χ2n) is 8.84. The van der Waals surface area contributed by atoms with Gasteiger partial charge < -0.3 is 5.32 Å². The van der Waals surface area contributed by atoms with Gasteiger partial charge in [0.2, 0.25) is 5.91 Å². The molecule has 3 heterocycles. The fourth-order valence-corrected chi connectivity index (χ4v) is 6.00. The van der Waals surface area contributed by atoms with Gasteiger partial charge in [0, 0.05) is 30.1 Å². The van der Waals surface area contributed by atoms with Crippen molar-refractivity contribution >= 4 is 27.5 Å². The van der Waals surface area contributed by atoms with Crippen molar-refractivity contribution in [3.63, 3.8) is 0 Å². The Morgan fingerprint density at radius 2 is 2.04 bits per heavy atom. The summed E-state index contributed by atoms with van der Waals surface area (Å²) in [6.07, 6.45) is 9.04. The molecular weight excluding hydrogens is 372 g/mol. The standard InChI is InChI=1S/C21H28N4O2S/c1-13-2-5-16-17(10-13)28-20-19(16)21(27)25(12-22-20)15-6-8-24(9-7-15)11-18(26)23-14-3-4-14/h12-15H,2-11H2,1H3,(H,23,26). The molecule has 0 aromatic carbocycles. The van der Waals surface area contributed by atoms with E-state index < -0.39 is 0 Å². The van der Waals surface area contributed by atoms with E-state index in [4.69, 9.17) is 0 Å². The van der Waals surface area contributed by atoms with E-state index in [1.165, 1.54) is 10.4 Å². The monoisotopic (exact) mass is 400 g/mol. The number of likely N-dealkylation sites (tertiary alicyclic amines) is 1. The van der Waals surface area contributed by atoms with Gasteiger partial charge in [0.1, 0.15) is 4.83 Å². The summed E-state index contributed by atoms with van der Waals surface area (Å²) in [7, 11) is 0. The van der Waals surface area contributed by atoms with Crippen LogP contribution in [-0.2, 0) is 17.6 Å². The first-order valence-electron chi connectivity index (χ1n) is 10.6. The Kier molecular flexibility index (Phi) is 4.75. The summed E-state index contributed by atoms with van der Waals surface area (Å²) in [4.78, 5) is 34.5. The molecule has 3 aliphatic rings. The van der Waals surface area contributed by atoms with Gasteiger partial charge in [-0.15, -0.1) is 11.3 Å². The lowest BCUT2D eigenvalue weighted by atomic mass is 9.89. The normalized spacial score (nSPS) is 23.7. The first-order valence-corrected chi connectivity index (χ1v) is 11.4. The molecule has 150 valence electrons. The molecule has 2 fully saturated rings. The molecule has 1 saturated heterocycles. The lowest BCUT2D eigenvalue weighted by Gasteiger charge is -2.32. The molecular formula is C21H28N4O2S. The van der Waals surface area contributed by atoms with E-state index in [1.807, 2.05) is 4.57 Å². The minimum absolute atomic E-state index is 0.139. The molecule has 5 rings (SSSR count). The van der Waals surface area contributed by atoms with Crippen molar-refractivity contribution in [1.82, 2.24) is 19.8 Å². The number of nitrogens with zero attached hydrogens (tertiary/aromatic N) is 3. The van der Waals surface area contributed by atoms with Crippen molar-refractivity contribution in [2.24, 2.45) is 5.92 Å². The third kappa shape index (κ3) is 3.50. The third-order valence-electron chi connectivity index (χ3n) is 6.50. The zero-order valence-corrected chi connectivity index (χ0v) is 17.3. The van der Waals surface area contributed by atoms with E-state index in [2.05, 4.69) is 22.1 Å². The summed E-state index contributed by atoms with van der Waals surface area (Å²) in [6.45, 7) is 4.47. The topological polar surface area (TPSA) is 67.2 Å².